The summed E-state index contributed by atoms with van der Waals surface area (Å²) in [6, 6.07) is 7.73. The van der Waals surface area contributed by atoms with E-state index in [4.69, 9.17) is 0 Å². The summed E-state index contributed by atoms with van der Waals surface area (Å²) in [5.41, 5.74) is -1.02. The molecule has 33 heavy (non-hydrogen) atoms. The van der Waals surface area contributed by atoms with Crippen molar-refractivity contribution in [2.75, 3.05) is 29.9 Å². The third kappa shape index (κ3) is 5.68. The van der Waals surface area contributed by atoms with Gasteiger partial charge in [0.05, 0.1) is 23.0 Å². The Morgan fingerprint density at radius 2 is 1.88 bits per heavy atom. The van der Waals surface area contributed by atoms with Crippen LogP contribution in [0.2, 0.25) is 0 Å². The fraction of sp³-hybridized carbons (Fsp3) is 0.391. The number of benzene rings is 1. The maximum atomic E-state index is 13.2. The molecule has 3 rings (SSSR count). The molecule has 1 saturated heterocycles. The SMILES string of the molecule is CCCC(C)C(=O)Nc1ccc(N2CCN(C(=O)c3ccccc3C(F)(F)F)CC2=O)nc1. The van der Waals surface area contributed by atoms with Crippen molar-refractivity contribution >= 4 is 29.2 Å². The number of halogens is 3. The maximum absolute atomic E-state index is 13.2. The molecule has 1 unspecified atom stereocenters. The van der Waals surface area contributed by atoms with Crippen molar-refractivity contribution in [3.05, 3.63) is 53.7 Å². The van der Waals surface area contributed by atoms with Crippen LogP contribution in [0.25, 0.3) is 0 Å². The zero-order valence-corrected chi connectivity index (χ0v) is 18.4. The van der Waals surface area contributed by atoms with Crippen molar-refractivity contribution in [2.45, 2.75) is 32.9 Å². The average molecular weight is 462 g/mol. The molecule has 0 radical (unpaired) electrons. The number of nitrogens with zero attached hydrogens (tertiary/aromatic N) is 3. The van der Waals surface area contributed by atoms with Crippen LogP contribution < -0.4 is 10.2 Å². The van der Waals surface area contributed by atoms with Crippen LogP contribution in [0.4, 0.5) is 24.7 Å². The van der Waals surface area contributed by atoms with Crippen molar-refractivity contribution in [1.82, 2.24) is 9.88 Å². The smallest absolute Gasteiger partial charge is 0.328 e. The lowest BCUT2D eigenvalue weighted by Crippen LogP contribution is -2.52. The predicted octanol–water partition coefficient (Wildman–Crippen LogP) is 3.96. The number of anilines is 2. The van der Waals surface area contributed by atoms with Gasteiger partial charge in [-0.05, 0) is 30.7 Å². The molecule has 1 atom stereocenters. The Labute approximate surface area is 189 Å². The number of nitrogens with one attached hydrogen (secondary N) is 1. The summed E-state index contributed by atoms with van der Waals surface area (Å²) in [6.45, 7) is 3.63. The third-order valence-electron chi connectivity index (χ3n) is 5.43. The Morgan fingerprint density at radius 1 is 1.15 bits per heavy atom. The number of carbonyl (C=O) groups is 3. The molecule has 10 heteroatoms. The summed E-state index contributed by atoms with van der Waals surface area (Å²) in [4.78, 5) is 44.2. The van der Waals surface area contributed by atoms with E-state index in [2.05, 4.69) is 10.3 Å². The summed E-state index contributed by atoms with van der Waals surface area (Å²) in [5, 5.41) is 2.78. The standard InChI is InChI=1S/C23H25F3N4O3/c1-3-6-15(2)21(32)28-16-9-10-19(27-13-16)30-12-11-29(14-20(30)31)22(33)17-7-4-5-8-18(17)23(24,25)26/h4-5,7-10,13,15H,3,6,11-12,14H2,1-2H3,(H,28,32). The highest BCUT2D eigenvalue weighted by molar-refractivity contribution is 6.02. The van der Waals surface area contributed by atoms with E-state index in [1.807, 2.05) is 13.8 Å². The largest absolute Gasteiger partial charge is 0.417 e. The molecule has 1 N–H and O–H groups in total. The third-order valence-corrected chi connectivity index (χ3v) is 5.43. The first-order chi connectivity index (χ1) is 15.6. The van der Waals surface area contributed by atoms with Crippen LogP contribution in [-0.4, -0.2) is 47.2 Å². The molecule has 1 aromatic carbocycles. The lowest BCUT2D eigenvalue weighted by molar-refractivity contribution is -0.138. The Hall–Kier alpha value is -3.43. The first kappa shape index (κ1) is 24.2. The van der Waals surface area contributed by atoms with Gasteiger partial charge < -0.3 is 10.2 Å². The predicted molar refractivity (Wildman–Crippen MR) is 117 cm³/mol. The van der Waals surface area contributed by atoms with Crippen molar-refractivity contribution in [2.24, 2.45) is 5.92 Å². The highest BCUT2D eigenvalue weighted by atomic mass is 19.4. The first-order valence-corrected chi connectivity index (χ1v) is 10.6. The molecule has 1 aromatic heterocycles. The van der Waals surface area contributed by atoms with Crippen LogP contribution in [-0.2, 0) is 15.8 Å². The van der Waals surface area contributed by atoms with Crippen LogP contribution in [0.15, 0.2) is 42.6 Å². The van der Waals surface area contributed by atoms with Crippen LogP contribution in [0, 0.1) is 5.92 Å². The van der Waals surface area contributed by atoms with Crippen molar-refractivity contribution in [1.29, 1.82) is 0 Å². The Kier molecular flexibility index (Phi) is 7.35. The molecule has 0 spiro atoms. The lowest BCUT2D eigenvalue weighted by Gasteiger charge is -2.34. The maximum Gasteiger partial charge on any atom is 0.417 e. The fourth-order valence-electron chi connectivity index (χ4n) is 3.63. The number of hydrogen-bond acceptors (Lipinski definition) is 4. The molecule has 3 amide bonds. The second kappa shape index (κ2) is 10.0. The summed E-state index contributed by atoms with van der Waals surface area (Å²) >= 11 is 0. The van der Waals surface area contributed by atoms with Crippen LogP contribution in [0.3, 0.4) is 0 Å². The average Bonchev–Trinajstić information content (AvgIpc) is 2.78. The zero-order valence-electron chi connectivity index (χ0n) is 18.4. The molecule has 1 fully saturated rings. The molecule has 1 aliphatic heterocycles. The summed E-state index contributed by atoms with van der Waals surface area (Å²) < 4.78 is 39.7. The van der Waals surface area contributed by atoms with Crippen molar-refractivity contribution in [3.63, 3.8) is 0 Å². The normalized spacial score (nSPS) is 15.4. The second-order valence-corrected chi connectivity index (χ2v) is 7.90. The molecule has 2 aromatic rings. The fourth-order valence-corrected chi connectivity index (χ4v) is 3.63. The number of hydrogen-bond donors (Lipinski definition) is 1. The van der Waals surface area contributed by atoms with E-state index < -0.39 is 29.1 Å². The van der Waals surface area contributed by atoms with Crippen LogP contribution in [0.1, 0.15) is 42.6 Å². The van der Waals surface area contributed by atoms with E-state index >= 15 is 0 Å². The van der Waals surface area contributed by atoms with Gasteiger partial charge in [-0.1, -0.05) is 32.4 Å². The van der Waals surface area contributed by atoms with Gasteiger partial charge >= 0.3 is 6.18 Å². The van der Waals surface area contributed by atoms with Gasteiger partial charge in [-0.2, -0.15) is 13.2 Å². The number of carbonyl (C=O) groups excluding carboxylic acids is 3. The monoisotopic (exact) mass is 462 g/mol. The Balaban J connectivity index is 1.66. The first-order valence-electron chi connectivity index (χ1n) is 10.6. The summed E-state index contributed by atoms with van der Waals surface area (Å²) in [7, 11) is 0. The quantitative estimate of drug-likeness (QED) is 0.705. The van der Waals surface area contributed by atoms with Crippen molar-refractivity contribution in [3.8, 4) is 0 Å². The highest BCUT2D eigenvalue weighted by Crippen LogP contribution is 2.32. The molecular weight excluding hydrogens is 437 g/mol. The van der Waals surface area contributed by atoms with E-state index in [1.54, 1.807) is 12.1 Å². The van der Waals surface area contributed by atoms with Crippen molar-refractivity contribution < 1.29 is 27.6 Å². The van der Waals surface area contributed by atoms with E-state index in [9.17, 15) is 27.6 Å². The molecule has 7 nitrogen and oxygen atoms in total. The van der Waals surface area contributed by atoms with Gasteiger partial charge in [0, 0.05) is 19.0 Å². The van der Waals surface area contributed by atoms with E-state index in [1.165, 1.54) is 23.2 Å². The number of piperazine rings is 1. The number of aromatic nitrogens is 1. The highest BCUT2D eigenvalue weighted by Gasteiger charge is 2.37. The summed E-state index contributed by atoms with van der Waals surface area (Å²) in [6.07, 6.45) is -1.57. The topological polar surface area (TPSA) is 82.6 Å². The van der Waals surface area contributed by atoms with Gasteiger partial charge in [-0.15, -0.1) is 0 Å². The number of alkyl halides is 3. The van der Waals surface area contributed by atoms with Gasteiger partial charge in [-0.3, -0.25) is 19.3 Å². The lowest BCUT2D eigenvalue weighted by atomic mass is 10.1. The minimum atomic E-state index is -4.67. The van der Waals surface area contributed by atoms with E-state index in [0.29, 0.717) is 11.5 Å². The molecule has 0 saturated carbocycles. The van der Waals surface area contributed by atoms with E-state index in [-0.39, 0.29) is 31.5 Å². The molecule has 176 valence electrons. The number of pyridine rings is 1. The van der Waals surface area contributed by atoms with Crippen LogP contribution in [0.5, 0.6) is 0 Å². The molecule has 1 aliphatic rings. The summed E-state index contributed by atoms with van der Waals surface area (Å²) in [5.74, 6) is -1.22. The molecule has 0 bridgehead atoms. The minimum Gasteiger partial charge on any atom is -0.328 e. The van der Waals surface area contributed by atoms with Gasteiger partial charge in [0.15, 0.2) is 0 Å². The number of amides is 3. The molecule has 0 aliphatic carbocycles. The Morgan fingerprint density at radius 3 is 2.48 bits per heavy atom. The van der Waals surface area contributed by atoms with Gasteiger partial charge in [-0.25, -0.2) is 4.98 Å². The minimum absolute atomic E-state index is 0.0610. The molecular formula is C23H25F3N4O3. The zero-order chi connectivity index (χ0) is 24.2. The second-order valence-electron chi connectivity index (χ2n) is 7.90. The number of rotatable bonds is 6. The van der Waals surface area contributed by atoms with Crippen LogP contribution >= 0.6 is 0 Å². The van der Waals surface area contributed by atoms with Gasteiger partial charge in [0.25, 0.3) is 5.91 Å². The van der Waals surface area contributed by atoms with Gasteiger partial charge in [0.1, 0.15) is 12.4 Å². The van der Waals surface area contributed by atoms with E-state index in [0.717, 1.165) is 29.9 Å². The molecule has 2 heterocycles. The Bertz CT molecular complexity index is 1020. The van der Waals surface area contributed by atoms with Gasteiger partial charge in [0.2, 0.25) is 11.8 Å².